The van der Waals surface area contributed by atoms with Gasteiger partial charge >= 0.3 is 0 Å². The number of hydrogen-bond donors (Lipinski definition) is 2. The molecule has 0 saturated carbocycles. The molecule has 0 aliphatic carbocycles. The summed E-state index contributed by atoms with van der Waals surface area (Å²) in [5.41, 5.74) is 3.84. The summed E-state index contributed by atoms with van der Waals surface area (Å²) >= 11 is 5.72. The summed E-state index contributed by atoms with van der Waals surface area (Å²) < 4.78 is 13.5. The highest BCUT2D eigenvalue weighted by Crippen LogP contribution is 2.22. The molecule has 3 fully saturated rings. The van der Waals surface area contributed by atoms with Gasteiger partial charge in [-0.25, -0.2) is 4.39 Å². The zero-order valence-electron chi connectivity index (χ0n) is 11.4. The highest BCUT2D eigenvalue weighted by atomic mass is 35.5. The quantitative estimate of drug-likeness (QED) is 0.639. The Morgan fingerprint density at radius 3 is 2.65 bits per heavy atom. The van der Waals surface area contributed by atoms with Crippen LogP contribution in [0.3, 0.4) is 0 Å². The third-order valence-electron chi connectivity index (χ3n) is 4.44. The number of nitrogens with one attached hydrogen (secondary N) is 1. The Hall–Kier alpha value is -0.720. The Labute approximate surface area is 123 Å². The molecular weight excluding hydrogens is 279 g/mol. The zero-order chi connectivity index (χ0) is 14.1. The van der Waals surface area contributed by atoms with E-state index in [1.54, 1.807) is 6.07 Å². The molecule has 3 heterocycles. The van der Waals surface area contributed by atoms with Crippen molar-refractivity contribution < 1.29 is 4.39 Å². The number of hydrazine groups is 1. The summed E-state index contributed by atoms with van der Waals surface area (Å²) in [7, 11) is 0. The number of benzene rings is 1. The Kier molecular flexibility index (Phi) is 4.23. The SMILES string of the molecule is NNC(Cc1ccc(Cl)c(F)c1)C1CN2CCN1CC2. The molecule has 0 amide bonds. The van der Waals surface area contributed by atoms with Crippen LogP contribution < -0.4 is 11.3 Å². The van der Waals surface area contributed by atoms with E-state index in [-0.39, 0.29) is 16.9 Å². The maximum absolute atomic E-state index is 13.5. The van der Waals surface area contributed by atoms with Crippen LogP contribution in [-0.4, -0.2) is 54.6 Å². The van der Waals surface area contributed by atoms with E-state index in [1.165, 1.54) is 6.07 Å². The van der Waals surface area contributed by atoms with Gasteiger partial charge in [0.15, 0.2) is 0 Å². The third kappa shape index (κ3) is 2.82. The molecule has 20 heavy (non-hydrogen) atoms. The van der Waals surface area contributed by atoms with Crippen molar-refractivity contribution in [3.8, 4) is 0 Å². The number of nitrogens with zero attached hydrogens (tertiary/aromatic N) is 2. The fourth-order valence-electron chi connectivity index (χ4n) is 3.27. The highest BCUT2D eigenvalue weighted by molar-refractivity contribution is 6.30. The minimum Gasteiger partial charge on any atom is -0.299 e. The molecule has 4 rings (SSSR count). The van der Waals surface area contributed by atoms with Crippen LogP contribution >= 0.6 is 11.6 Å². The lowest BCUT2D eigenvalue weighted by atomic mass is 9.95. The second-order valence-electron chi connectivity index (χ2n) is 5.63. The molecule has 3 N–H and O–H groups in total. The normalized spacial score (nSPS) is 30.4. The molecule has 0 aromatic heterocycles. The Morgan fingerprint density at radius 2 is 2.10 bits per heavy atom. The van der Waals surface area contributed by atoms with Crippen LogP contribution in [0.15, 0.2) is 18.2 Å². The third-order valence-corrected chi connectivity index (χ3v) is 4.75. The topological polar surface area (TPSA) is 44.5 Å². The van der Waals surface area contributed by atoms with Crippen molar-refractivity contribution in [1.82, 2.24) is 15.2 Å². The fourth-order valence-corrected chi connectivity index (χ4v) is 3.38. The predicted molar refractivity (Wildman–Crippen MR) is 78.0 cm³/mol. The van der Waals surface area contributed by atoms with E-state index in [0.29, 0.717) is 12.5 Å². The van der Waals surface area contributed by atoms with Gasteiger partial charge in [-0.3, -0.25) is 21.1 Å². The zero-order valence-corrected chi connectivity index (χ0v) is 12.1. The minimum absolute atomic E-state index is 0.124. The van der Waals surface area contributed by atoms with E-state index >= 15 is 0 Å². The first-order chi connectivity index (χ1) is 9.67. The van der Waals surface area contributed by atoms with E-state index in [4.69, 9.17) is 17.4 Å². The van der Waals surface area contributed by atoms with Crippen LogP contribution in [0.2, 0.25) is 5.02 Å². The second kappa shape index (κ2) is 5.95. The van der Waals surface area contributed by atoms with Crippen LogP contribution in [0.1, 0.15) is 5.56 Å². The van der Waals surface area contributed by atoms with Gasteiger partial charge < -0.3 is 0 Å². The maximum Gasteiger partial charge on any atom is 0.142 e. The van der Waals surface area contributed by atoms with E-state index in [0.717, 1.165) is 38.3 Å². The molecule has 3 saturated heterocycles. The Morgan fingerprint density at radius 1 is 1.35 bits per heavy atom. The molecule has 2 bridgehead atoms. The lowest BCUT2D eigenvalue weighted by Gasteiger charge is -2.50. The van der Waals surface area contributed by atoms with Crippen molar-refractivity contribution in [2.45, 2.75) is 18.5 Å². The van der Waals surface area contributed by atoms with Crippen molar-refractivity contribution in [1.29, 1.82) is 0 Å². The molecule has 1 aromatic rings. The van der Waals surface area contributed by atoms with Gasteiger partial charge in [-0.05, 0) is 24.1 Å². The van der Waals surface area contributed by atoms with Crippen molar-refractivity contribution in [3.05, 3.63) is 34.6 Å². The molecule has 1 aromatic carbocycles. The summed E-state index contributed by atoms with van der Waals surface area (Å²) in [5.74, 6) is 5.37. The molecule has 2 unspecified atom stereocenters. The van der Waals surface area contributed by atoms with Gasteiger partial charge in [0.2, 0.25) is 0 Å². The highest BCUT2D eigenvalue weighted by Gasteiger charge is 2.36. The second-order valence-corrected chi connectivity index (χ2v) is 6.04. The Bertz CT molecular complexity index is 476. The smallest absolute Gasteiger partial charge is 0.142 e. The number of piperazine rings is 3. The van der Waals surface area contributed by atoms with Crippen molar-refractivity contribution in [2.24, 2.45) is 5.84 Å². The maximum atomic E-state index is 13.5. The molecule has 2 atom stereocenters. The molecule has 3 aliphatic rings. The summed E-state index contributed by atoms with van der Waals surface area (Å²) in [6, 6.07) is 5.49. The predicted octanol–water partition coefficient (Wildman–Crippen LogP) is 0.853. The first-order valence-electron chi connectivity index (χ1n) is 7.04. The summed E-state index contributed by atoms with van der Waals surface area (Å²) in [5, 5.41) is 0.164. The van der Waals surface area contributed by atoms with Crippen molar-refractivity contribution in [2.75, 3.05) is 32.7 Å². The van der Waals surface area contributed by atoms with Gasteiger partial charge in [0.1, 0.15) is 5.82 Å². The van der Waals surface area contributed by atoms with E-state index in [9.17, 15) is 4.39 Å². The van der Waals surface area contributed by atoms with Crippen LogP contribution in [0, 0.1) is 5.82 Å². The monoisotopic (exact) mass is 298 g/mol. The average molecular weight is 299 g/mol. The molecular formula is C14H20ClFN4. The van der Waals surface area contributed by atoms with Crippen LogP contribution in [0.4, 0.5) is 4.39 Å². The number of fused-ring (bicyclic) bond motifs is 3. The van der Waals surface area contributed by atoms with Gasteiger partial charge in [-0.15, -0.1) is 0 Å². The van der Waals surface area contributed by atoms with Crippen LogP contribution in [0.25, 0.3) is 0 Å². The number of nitrogens with two attached hydrogens (primary N) is 1. The molecule has 0 spiro atoms. The first kappa shape index (κ1) is 14.2. The van der Waals surface area contributed by atoms with E-state index < -0.39 is 0 Å². The van der Waals surface area contributed by atoms with Crippen molar-refractivity contribution in [3.63, 3.8) is 0 Å². The van der Waals surface area contributed by atoms with E-state index in [2.05, 4.69) is 15.2 Å². The number of hydrogen-bond acceptors (Lipinski definition) is 4. The molecule has 0 radical (unpaired) electrons. The average Bonchev–Trinajstić information content (AvgIpc) is 2.49. The van der Waals surface area contributed by atoms with Gasteiger partial charge in [0.25, 0.3) is 0 Å². The first-order valence-corrected chi connectivity index (χ1v) is 7.41. The van der Waals surface area contributed by atoms with Crippen LogP contribution in [0.5, 0.6) is 0 Å². The summed E-state index contributed by atoms with van der Waals surface area (Å²) in [6.45, 7) is 5.51. The van der Waals surface area contributed by atoms with Gasteiger partial charge in [0.05, 0.1) is 5.02 Å². The molecule has 110 valence electrons. The molecule has 6 heteroatoms. The number of halogens is 2. The number of rotatable bonds is 4. The van der Waals surface area contributed by atoms with Gasteiger partial charge in [-0.1, -0.05) is 17.7 Å². The Balaban J connectivity index is 1.72. The largest absolute Gasteiger partial charge is 0.299 e. The lowest BCUT2D eigenvalue weighted by molar-refractivity contribution is -0.00315. The van der Waals surface area contributed by atoms with E-state index in [1.807, 2.05) is 6.07 Å². The molecule has 3 aliphatic heterocycles. The van der Waals surface area contributed by atoms with Gasteiger partial charge in [-0.2, -0.15) is 0 Å². The molecule has 4 nitrogen and oxygen atoms in total. The minimum atomic E-state index is -0.367. The van der Waals surface area contributed by atoms with Gasteiger partial charge in [0, 0.05) is 44.8 Å². The standard InChI is InChI=1S/C14H20ClFN4/c15-11-2-1-10(7-12(11)16)8-13(18-17)14-9-19-3-5-20(14)6-4-19/h1-2,7,13-14,18H,3-6,8-9,17H2. The summed E-state index contributed by atoms with van der Waals surface area (Å²) in [4.78, 5) is 4.95. The summed E-state index contributed by atoms with van der Waals surface area (Å²) in [6.07, 6.45) is 0.708. The fraction of sp³-hybridized carbons (Fsp3) is 0.571. The van der Waals surface area contributed by atoms with Crippen LogP contribution in [-0.2, 0) is 6.42 Å². The lowest BCUT2D eigenvalue weighted by Crippen LogP contribution is -2.67. The van der Waals surface area contributed by atoms with Crippen molar-refractivity contribution >= 4 is 11.6 Å².